The van der Waals surface area contributed by atoms with Crippen LogP contribution in [0, 0.1) is 24.6 Å². The number of hydrogen-bond acceptors (Lipinski definition) is 2. The smallest absolute Gasteiger partial charge is 0.296 e. The summed E-state index contributed by atoms with van der Waals surface area (Å²) in [7, 11) is 0. The summed E-state index contributed by atoms with van der Waals surface area (Å²) in [6, 6.07) is 8.56. The zero-order chi connectivity index (χ0) is 14.4. The fourth-order valence-corrected chi connectivity index (χ4v) is 2.36. The Labute approximate surface area is 121 Å². The van der Waals surface area contributed by atoms with Crippen LogP contribution in [-0.2, 0) is 11.2 Å². The number of thiophene rings is 1. The second kappa shape index (κ2) is 6.88. The number of rotatable bonds is 3. The number of hydrogen-bond donors (Lipinski definition) is 1. The molecule has 2 nitrogen and oxygen atoms in total. The third-order valence-electron chi connectivity index (χ3n) is 2.72. The molecule has 0 saturated heterocycles. The van der Waals surface area contributed by atoms with Gasteiger partial charge in [-0.05, 0) is 48.6 Å². The third kappa shape index (κ3) is 4.22. The lowest BCUT2D eigenvalue weighted by atomic mass is 10.1. The Bertz CT molecular complexity index is 653. The summed E-state index contributed by atoms with van der Waals surface area (Å²) >= 11 is 1.66. The van der Waals surface area contributed by atoms with E-state index < -0.39 is 0 Å². The zero-order valence-corrected chi connectivity index (χ0v) is 11.9. The molecule has 0 aliphatic rings. The van der Waals surface area contributed by atoms with Gasteiger partial charge in [-0.2, -0.15) is 0 Å². The maximum absolute atomic E-state index is 13.1. The van der Waals surface area contributed by atoms with Crippen molar-refractivity contribution in [3.63, 3.8) is 0 Å². The van der Waals surface area contributed by atoms with Crippen LogP contribution < -0.4 is 5.32 Å². The first kappa shape index (κ1) is 14.3. The fraction of sp³-hybridized carbons (Fsp3) is 0.188. The molecule has 1 amide bonds. The molecule has 0 aliphatic heterocycles. The van der Waals surface area contributed by atoms with Gasteiger partial charge in [0.25, 0.3) is 5.91 Å². The Morgan fingerprint density at radius 1 is 1.40 bits per heavy atom. The summed E-state index contributed by atoms with van der Waals surface area (Å²) in [6.07, 6.45) is 0.806. The Balaban J connectivity index is 1.85. The molecule has 0 atom stereocenters. The summed E-state index contributed by atoms with van der Waals surface area (Å²) in [5.41, 5.74) is 1.16. The van der Waals surface area contributed by atoms with Crippen molar-refractivity contribution in [2.24, 2.45) is 0 Å². The first-order valence-corrected chi connectivity index (χ1v) is 7.11. The van der Waals surface area contributed by atoms with E-state index in [4.69, 9.17) is 0 Å². The molecule has 102 valence electrons. The van der Waals surface area contributed by atoms with Gasteiger partial charge in [-0.25, -0.2) is 4.39 Å². The van der Waals surface area contributed by atoms with Crippen molar-refractivity contribution < 1.29 is 9.18 Å². The Morgan fingerprint density at radius 3 is 2.95 bits per heavy atom. The average Bonchev–Trinajstić information content (AvgIpc) is 2.93. The standard InChI is InChI=1S/C16H14FNOS/c1-12-11-13(4-6-15(12)17)5-7-16(19)18-9-8-14-3-2-10-20-14/h2-4,6,10-11H,8-9H2,1H3,(H,18,19). The number of amides is 1. The van der Waals surface area contributed by atoms with Crippen molar-refractivity contribution in [2.75, 3.05) is 6.54 Å². The molecule has 4 heteroatoms. The largest absolute Gasteiger partial charge is 0.345 e. The van der Waals surface area contributed by atoms with Crippen LogP contribution in [0.15, 0.2) is 35.7 Å². The van der Waals surface area contributed by atoms with Gasteiger partial charge in [0, 0.05) is 22.9 Å². The maximum atomic E-state index is 13.1. The number of benzene rings is 1. The third-order valence-corrected chi connectivity index (χ3v) is 3.65. The van der Waals surface area contributed by atoms with E-state index in [-0.39, 0.29) is 11.7 Å². The molecule has 1 aromatic heterocycles. The monoisotopic (exact) mass is 287 g/mol. The highest BCUT2D eigenvalue weighted by Gasteiger charge is 1.98. The van der Waals surface area contributed by atoms with Gasteiger partial charge in [-0.15, -0.1) is 11.3 Å². The Kier molecular flexibility index (Phi) is 4.91. The van der Waals surface area contributed by atoms with E-state index in [1.807, 2.05) is 17.5 Å². The van der Waals surface area contributed by atoms with Crippen molar-refractivity contribution >= 4 is 17.2 Å². The predicted molar refractivity (Wildman–Crippen MR) is 79.0 cm³/mol. The number of nitrogens with one attached hydrogen (secondary N) is 1. The van der Waals surface area contributed by atoms with Gasteiger partial charge in [0.2, 0.25) is 0 Å². The topological polar surface area (TPSA) is 29.1 Å². The van der Waals surface area contributed by atoms with E-state index in [0.717, 1.165) is 6.42 Å². The molecule has 0 saturated carbocycles. The van der Waals surface area contributed by atoms with Gasteiger partial charge < -0.3 is 5.32 Å². The minimum absolute atomic E-state index is 0.268. The summed E-state index contributed by atoms with van der Waals surface area (Å²) < 4.78 is 13.1. The second-order valence-corrected chi connectivity index (χ2v) is 5.33. The SMILES string of the molecule is Cc1cc(C#CC(=O)NCCc2cccs2)ccc1F. The summed E-state index contributed by atoms with van der Waals surface area (Å²) in [5.74, 6) is 4.65. The molecule has 0 spiro atoms. The molecule has 20 heavy (non-hydrogen) atoms. The van der Waals surface area contributed by atoms with Crippen LogP contribution in [0.5, 0.6) is 0 Å². The van der Waals surface area contributed by atoms with Crippen molar-refractivity contribution in [1.82, 2.24) is 5.32 Å². The van der Waals surface area contributed by atoms with Crippen molar-refractivity contribution in [3.8, 4) is 11.8 Å². The van der Waals surface area contributed by atoms with E-state index in [2.05, 4.69) is 17.2 Å². The van der Waals surface area contributed by atoms with E-state index >= 15 is 0 Å². The van der Waals surface area contributed by atoms with Gasteiger partial charge in [-0.3, -0.25) is 4.79 Å². The van der Waals surface area contributed by atoms with Gasteiger partial charge in [-0.1, -0.05) is 12.0 Å². The summed E-state index contributed by atoms with van der Waals surface area (Å²) in [4.78, 5) is 12.8. The molecule has 1 N–H and O–H groups in total. The normalized spacial score (nSPS) is 9.70. The molecule has 1 heterocycles. The highest BCUT2D eigenvalue weighted by Crippen LogP contribution is 2.08. The van der Waals surface area contributed by atoms with Crippen LogP contribution in [0.4, 0.5) is 4.39 Å². The summed E-state index contributed by atoms with van der Waals surface area (Å²) in [6.45, 7) is 2.23. The van der Waals surface area contributed by atoms with Gasteiger partial charge in [0.15, 0.2) is 0 Å². The van der Waals surface area contributed by atoms with Gasteiger partial charge in [0.05, 0.1) is 0 Å². The number of halogens is 1. The van der Waals surface area contributed by atoms with Crippen LogP contribution >= 0.6 is 11.3 Å². The lowest BCUT2D eigenvalue weighted by Gasteiger charge is -1.98. The molecule has 0 aliphatic carbocycles. The second-order valence-electron chi connectivity index (χ2n) is 4.30. The highest BCUT2D eigenvalue weighted by atomic mass is 32.1. The minimum atomic E-state index is -0.316. The molecular formula is C16H14FNOS. The molecule has 0 radical (unpaired) electrons. The quantitative estimate of drug-likeness (QED) is 0.864. The van der Waals surface area contributed by atoms with Crippen LogP contribution in [-0.4, -0.2) is 12.5 Å². The van der Waals surface area contributed by atoms with E-state index in [1.54, 1.807) is 30.4 Å². The number of carbonyl (C=O) groups excluding carboxylic acids is 1. The number of aryl methyl sites for hydroxylation is 1. The predicted octanol–water partition coefficient (Wildman–Crippen LogP) is 2.91. The van der Waals surface area contributed by atoms with Crippen molar-refractivity contribution in [2.45, 2.75) is 13.3 Å². The fourth-order valence-electron chi connectivity index (χ4n) is 1.65. The Hall–Kier alpha value is -2.12. The first-order chi connectivity index (χ1) is 9.65. The minimum Gasteiger partial charge on any atom is -0.345 e. The molecule has 2 aromatic rings. The first-order valence-electron chi connectivity index (χ1n) is 6.23. The average molecular weight is 287 g/mol. The molecule has 0 fully saturated rings. The molecule has 0 unspecified atom stereocenters. The molecular weight excluding hydrogens is 273 g/mol. The Morgan fingerprint density at radius 2 is 2.25 bits per heavy atom. The van der Waals surface area contributed by atoms with Crippen molar-refractivity contribution in [1.29, 1.82) is 0 Å². The van der Waals surface area contributed by atoms with E-state index in [0.29, 0.717) is 17.7 Å². The molecule has 0 bridgehead atoms. The number of carbonyl (C=O) groups is 1. The van der Waals surface area contributed by atoms with Crippen LogP contribution in [0.2, 0.25) is 0 Å². The molecule has 2 rings (SSSR count). The van der Waals surface area contributed by atoms with Crippen LogP contribution in [0.25, 0.3) is 0 Å². The van der Waals surface area contributed by atoms with Gasteiger partial charge in [0.1, 0.15) is 5.82 Å². The van der Waals surface area contributed by atoms with E-state index in [1.165, 1.54) is 10.9 Å². The van der Waals surface area contributed by atoms with Gasteiger partial charge >= 0.3 is 0 Å². The highest BCUT2D eigenvalue weighted by molar-refractivity contribution is 7.09. The zero-order valence-electron chi connectivity index (χ0n) is 11.1. The van der Waals surface area contributed by atoms with E-state index in [9.17, 15) is 9.18 Å². The van der Waals surface area contributed by atoms with Crippen LogP contribution in [0.1, 0.15) is 16.0 Å². The summed E-state index contributed by atoms with van der Waals surface area (Å²) in [5, 5.41) is 4.74. The molecule has 1 aromatic carbocycles. The lowest BCUT2D eigenvalue weighted by Crippen LogP contribution is -2.23. The lowest BCUT2D eigenvalue weighted by molar-refractivity contribution is -0.115. The van der Waals surface area contributed by atoms with Crippen molar-refractivity contribution in [3.05, 3.63) is 57.5 Å². The van der Waals surface area contributed by atoms with Crippen LogP contribution in [0.3, 0.4) is 0 Å². The maximum Gasteiger partial charge on any atom is 0.296 e.